The molecule has 27 heavy (non-hydrogen) atoms. The van der Waals surface area contributed by atoms with Crippen LogP contribution < -0.4 is 19.5 Å². The largest absolute Gasteiger partial charge is 0.497 e. The number of hydrogen-bond acceptors (Lipinski definition) is 5. The van der Waals surface area contributed by atoms with Crippen molar-refractivity contribution in [3.05, 3.63) is 71.8 Å². The molecule has 7 heteroatoms. The second-order valence-electron chi connectivity index (χ2n) is 6.14. The molecule has 138 valence electrons. The summed E-state index contributed by atoms with van der Waals surface area (Å²) < 4.78 is 17.8. The molecule has 0 saturated heterocycles. The summed E-state index contributed by atoms with van der Waals surface area (Å²) in [5.74, 6) is 2.47. The third kappa shape index (κ3) is 3.31. The van der Waals surface area contributed by atoms with Crippen molar-refractivity contribution in [3.8, 4) is 17.2 Å². The lowest BCUT2D eigenvalue weighted by Gasteiger charge is -2.19. The van der Waals surface area contributed by atoms with Gasteiger partial charge in [0.1, 0.15) is 17.6 Å². The van der Waals surface area contributed by atoms with Gasteiger partial charge in [-0.05, 0) is 35.9 Å². The van der Waals surface area contributed by atoms with Gasteiger partial charge in [0.2, 0.25) is 6.79 Å². The van der Waals surface area contributed by atoms with E-state index in [1.165, 1.54) is 0 Å². The smallest absolute Gasteiger partial charge is 0.252 e. The lowest BCUT2D eigenvalue weighted by Crippen LogP contribution is -2.31. The van der Waals surface area contributed by atoms with Gasteiger partial charge in [-0.25, -0.2) is 4.98 Å². The van der Waals surface area contributed by atoms with Crippen molar-refractivity contribution >= 4 is 5.91 Å². The minimum atomic E-state index is -0.408. The Morgan fingerprint density at radius 3 is 2.67 bits per heavy atom. The second kappa shape index (κ2) is 7.03. The molecule has 2 heterocycles. The van der Waals surface area contributed by atoms with E-state index in [0.29, 0.717) is 17.1 Å². The molecule has 0 fully saturated rings. The van der Waals surface area contributed by atoms with Gasteiger partial charge in [0.15, 0.2) is 11.5 Å². The summed E-state index contributed by atoms with van der Waals surface area (Å²) in [7, 11) is 3.51. The van der Waals surface area contributed by atoms with E-state index in [4.69, 9.17) is 14.2 Å². The van der Waals surface area contributed by atoms with Crippen LogP contribution in [0.4, 0.5) is 0 Å². The molecule has 7 nitrogen and oxygen atoms in total. The average Bonchev–Trinajstić information content (AvgIpc) is 3.34. The Morgan fingerprint density at radius 1 is 1.19 bits per heavy atom. The van der Waals surface area contributed by atoms with Gasteiger partial charge in [0.05, 0.1) is 7.11 Å². The first-order valence-corrected chi connectivity index (χ1v) is 8.47. The molecule has 0 radical (unpaired) electrons. The summed E-state index contributed by atoms with van der Waals surface area (Å²) in [6, 6.07) is 12.3. The minimum absolute atomic E-state index is 0.169. The van der Waals surface area contributed by atoms with E-state index in [2.05, 4.69) is 10.3 Å². The van der Waals surface area contributed by atoms with E-state index < -0.39 is 6.04 Å². The van der Waals surface area contributed by atoms with E-state index in [-0.39, 0.29) is 12.7 Å². The van der Waals surface area contributed by atoms with Crippen LogP contribution in [0, 0.1) is 0 Å². The molecule has 0 saturated carbocycles. The van der Waals surface area contributed by atoms with Gasteiger partial charge in [-0.15, -0.1) is 0 Å². The first-order valence-electron chi connectivity index (χ1n) is 8.47. The lowest BCUT2D eigenvalue weighted by molar-refractivity contribution is 0.0940. The number of imidazole rings is 1. The van der Waals surface area contributed by atoms with Crippen LogP contribution in [0.1, 0.15) is 27.8 Å². The number of benzene rings is 2. The third-order valence-electron chi connectivity index (χ3n) is 4.48. The number of aromatic nitrogens is 2. The van der Waals surface area contributed by atoms with E-state index in [1.54, 1.807) is 31.5 Å². The Morgan fingerprint density at radius 2 is 1.96 bits per heavy atom. The molecule has 2 aromatic carbocycles. The molecule has 0 aliphatic carbocycles. The van der Waals surface area contributed by atoms with Gasteiger partial charge < -0.3 is 24.1 Å². The summed E-state index contributed by atoms with van der Waals surface area (Å²) in [5.41, 5.74) is 1.39. The molecule has 0 bridgehead atoms. The van der Waals surface area contributed by atoms with E-state index >= 15 is 0 Å². The van der Waals surface area contributed by atoms with Crippen LogP contribution in [0.5, 0.6) is 17.2 Å². The van der Waals surface area contributed by atoms with Gasteiger partial charge in [-0.3, -0.25) is 4.79 Å². The number of nitrogens with zero attached hydrogens (tertiary/aromatic N) is 2. The predicted octanol–water partition coefficient (Wildman–Crippen LogP) is 2.68. The van der Waals surface area contributed by atoms with Crippen molar-refractivity contribution in [3.63, 3.8) is 0 Å². The monoisotopic (exact) mass is 365 g/mol. The molecule has 1 atom stereocenters. The van der Waals surface area contributed by atoms with Crippen molar-refractivity contribution in [2.75, 3.05) is 13.9 Å². The number of methoxy groups -OCH3 is 1. The van der Waals surface area contributed by atoms with Crippen LogP contribution in [0.15, 0.2) is 54.9 Å². The number of carbonyl (C=O) groups is 1. The van der Waals surface area contributed by atoms with Gasteiger partial charge in [-0.1, -0.05) is 12.1 Å². The van der Waals surface area contributed by atoms with E-state index in [0.717, 1.165) is 17.1 Å². The van der Waals surface area contributed by atoms with Crippen molar-refractivity contribution in [1.29, 1.82) is 0 Å². The fourth-order valence-corrected chi connectivity index (χ4v) is 3.00. The Balaban J connectivity index is 1.64. The van der Waals surface area contributed by atoms with Crippen LogP contribution in [0.3, 0.4) is 0 Å². The summed E-state index contributed by atoms with van der Waals surface area (Å²) >= 11 is 0. The fourth-order valence-electron chi connectivity index (χ4n) is 3.00. The first kappa shape index (κ1) is 17.0. The molecule has 4 rings (SSSR count). The van der Waals surface area contributed by atoms with Crippen LogP contribution in [-0.2, 0) is 7.05 Å². The first-order chi connectivity index (χ1) is 13.2. The van der Waals surface area contributed by atoms with Crippen molar-refractivity contribution in [1.82, 2.24) is 14.9 Å². The Hall–Kier alpha value is -3.48. The number of aryl methyl sites for hydroxylation is 1. The Labute approximate surface area is 156 Å². The van der Waals surface area contributed by atoms with Crippen LogP contribution in [0.25, 0.3) is 0 Å². The van der Waals surface area contributed by atoms with Crippen molar-refractivity contribution < 1.29 is 19.0 Å². The summed E-state index contributed by atoms with van der Waals surface area (Å²) in [4.78, 5) is 17.3. The van der Waals surface area contributed by atoms with E-state index in [9.17, 15) is 4.79 Å². The van der Waals surface area contributed by atoms with Gasteiger partial charge in [0, 0.05) is 25.0 Å². The quantitative estimate of drug-likeness (QED) is 0.752. The number of carbonyl (C=O) groups excluding carboxylic acids is 1. The highest BCUT2D eigenvalue weighted by Gasteiger charge is 2.23. The molecule has 3 aromatic rings. The van der Waals surface area contributed by atoms with Crippen LogP contribution >= 0.6 is 0 Å². The second-order valence-corrected chi connectivity index (χ2v) is 6.14. The molecule has 1 aliphatic rings. The molecule has 0 spiro atoms. The van der Waals surface area contributed by atoms with Crippen LogP contribution in [-0.4, -0.2) is 29.4 Å². The topological polar surface area (TPSA) is 74.6 Å². The highest BCUT2D eigenvalue weighted by Crippen LogP contribution is 2.33. The zero-order valence-corrected chi connectivity index (χ0v) is 15.0. The molecular formula is C20H19N3O4. The standard InChI is InChI=1S/C20H19N3O4/c1-23-10-9-21-19(23)18(13-3-6-15(25-2)7-4-13)22-20(24)14-5-8-16-17(11-14)27-12-26-16/h3-11,18H,12H2,1-2H3,(H,22,24). The number of nitrogens with one attached hydrogen (secondary N) is 1. The number of ether oxygens (including phenoxy) is 3. The zero-order chi connectivity index (χ0) is 18.8. The molecule has 1 aromatic heterocycles. The SMILES string of the molecule is COc1ccc(C(NC(=O)c2ccc3c(c2)OCO3)c2nccn2C)cc1. The normalized spacial score (nSPS) is 13.3. The molecule has 1 aliphatic heterocycles. The Kier molecular flexibility index (Phi) is 4.42. The van der Waals surface area contributed by atoms with Crippen molar-refractivity contribution in [2.24, 2.45) is 7.05 Å². The maximum absolute atomic E-state index is 12.9. The molecule has 1 N–H and O–H groups in total. The predicted molar refractivity (Wildman–Crippen MR) is 98.1 cm³/mol. The van der Waals surface area contributed by atoms with Gasteiger partial charge >= 0.3 is 0 Å². The number of amides is 1. The average molecular weight is 365 g/mol. The highest BCUT2D eigenvalue weighted by atomic mass is 16.7. The molecule has 1 amide bonds. The number of fused-ring (bicyclic) bond motifs is 1. The number of hydrogen-bond donors (Lipinski definition) is 1. The van der Waals surface area contributed by atoms with Crippen molar-refractivity contribution in [2.45, 2.75) is 6.04 Å². The minimum Gasteiger partial charge on any atom is -0.497 e. The summed E-state index contributed by atoms with van der Waals surface area (Å²) in [5, 5.41) is 3.06. The zero-order valence-electron chi connectivity index (χ0n) is 15.0. The van der Waals surface area contributed by atoms with Crippen LogP contribution in [0.2, 0.25) is 0 Å². The molecular weight excluding hydrogens is 346 g/mol. The lowest BCUT2D eigenvalue weighted by atomic mass is 10.0. The van der Waals surface area contributed by atoms with Gasteiger partial charge in [-0.2, -0.15) is 0 Å². The fraction of sp³-hybridized carbons (Fsp3) is 0.200. The Bertz CT molecular complexity index is 966. The highest BCUT2D eigenvalue weighted by molar-refractivity contribution is 5.95. The number of rotatable bonds is 5. The third-order valence-corrected chi connectivity index (χ3v) is 4.48. The maximum atomic E-state index is 12.9. The maximum Gasteiger partial charge on any atom is 0.252 e. The summed E-state index contributed by atoms with van der Waals surface area (Å²) in [6.07, 6.45) is 3.55. The molecule has 1 unspecified atom stereocenters. The summed E-state index contributed by atoms with van der Waals surface area (Å²) in [6.45, 7) is 0.169. The van der Waals surface area contributed by atoms with Gasteiger partial charge in [0.25, 0.3) is 5.91 Å². The van der Waals surface area contributed by atoms with E-state index in [1.807, 2.05) is 42.1 Å².